The van der Waals surface area contributed by atoms with E-state index in [4.69, 9.17) is 0 Å². The molecule has 0 aliphatic heterocycles. The summed E-state index contributed by atoms with van der Waals surface area (Å²) in [5.74, 6) is -5.69. The zero-order valence-electron chi connectivity index (χ0n) is 23.1. The van der Waals surface area contributed by atoms with Crippen LogP contribution in [0.15, 0.2) is 66.7 Å². The second kappa shape index (κ2) is 12.4. The van der Waals surface area contributed by atoms with Gasteiger partial charge >= 0.3 is 18.6 Å². The number of hydrogen-bond acceptors (Lipinski definition) is 3. The molecule has 0 aromatic heterocycles. The second-order valence-electron chi connectivity index (χ2n) is 10.8. The fourth-order valence-electron chi connectivity index (χ4n) is 5.01. The molecule has 5 nitrogen and oxygen atoms in total. The van der Waals surface area contributed by atoms with Crippen LogP contribution >= 0.6 is 0 Å². The lowest BCUT2D eigenvalue weighted by atomic mass is 9.77. The van der Waals surface area contributed by atoms with Crippen molar-refractivity contribution in [3.05, 3.63) is 101 Å². The molecule has 0 heterocycles. The van der Waals surface area contributed by atoms with Gasteiger partial charge in [-0.2, -0.15) is 17.6 Å². The van der Waals surface area contributed by atoms with Crippen LogP contribution in [0.1, 0.15) is 35.1 Å². The summed E-state index contributed by atoms with van der Waals surface area (Å²) in [6.45, 7) is 0.0998. The summed E-state index contributed by atoms with van der Waals surface area (Å²) >= 11 is 0. The van der Waals surface area contributed by atoms with Crippen molar-refractivity contribution in [2.45, 2.75) is 55.8 Å². The highest BCUT2D eigenvalue weighted by molar-refractivity contribution is 5.77. The molecule has 1 saturated carbocycles. The van der Waals surface area contributed by atoms with E-state index in [-0.39, 0.29) is 29.7 Å². The molecule has 4 rings (SSSR count). The number of nitrogens with one attached hydrogen (secondary N) is 2. The number of ether oxygens (including phenoxy) is 1. The first-order valence-corrected chi connectivity index (χ1v) is 13.2. The molecule has 2 N–H and O–H groups in total. The fourth-order valence-corrected chi connectivity index (χ4v) is 5.01. The van der Waals surface area contributed by atoms with Gasteiger partial charge in [0, 0.05) is 43.5 Å². The highest BCUT2D eigenvalue weighted by Gasteiger charge is 2.47. The van der Waals surface area contributed by atoms with E-state index in [1.807, 2.05) is 0 Å². The van der Waals surface area contributed by atoms with E-state index in [1.54, 1.807) is 49.3 Å². The number of nitrogens with zero attached hydrogens (tertiary/aromatic N) is 1. The molecule has 2 amide bonds. The average Bonchev–Trinajstić information content (AvgIpc) is 2.88. The Morgan fingerprint density at radius 2 is 1.67 bits per heavy atom. The lowest BCUT2D eigenvalue weighted by molar-refractivity contribution is -0.253. The van der Waals surface area contributed by atoms with Gasteiger partial charge in [-0.15, -0.1) is 0 Å². The highest BCUT2D eigenvalue weighted by atomic mass is 19.3. The minimum absolute atomic E-state index is 0.0998. The maximum Gasteiger partial charge on any atom is 0.461 e. The first-order chi connectivity index (χ1) is 20.1. The van der Waals surface area contributed by atoms with E-state index in [0.717, 1.165) is 18.2 Å². The van der Waals surface area contributed by atoms with Gasteiger partial charge in [0.1, 0.15) is 17.4 Å². The fraction of sp³-hybridized carbons (Fsp3) is 0.367. The summed E-state index contributed by atoms with van der Waals surface area (Å²) in [7, 11) is 3.37. The third-order valence-electron chi connectivity index (χ3n) is 6.96. The van der Waals surface area contributed by atoms with E-state index < -0.39 is 66.3 Å². The Morgan fingerprint density at radius 3 is 2.28 bits per heavy atom. The minimum atomic E-state index is -4.97. The molecule has 232 valence electrons. The van der Waals surface area contributed by atoms with E-state index in [0.29, 0.717) is 11.6 Å². The van der Waals surface area contributed by atoms with Crippen LogP contribution in [0.4, 0.5) is 39.9 Å². The van der Waals surface area contributed by atoms with Crippen molar-refractivity contribution in [3.8, 4) is 5.75 Å². The number of hydrogen-bond donors (Lipinski definition) is 2. The van der Waals surface area contributed by atoms with Crippen LogP contribution in [0, 0.1) is 11.6 Å². The smallest absolute Gasteiger partial charge is 0.428 e. The second-order valence-corrected chi connectivity index (χ2v) is 10.8. The van der Waals surface area contributed by atoms with Crippen molar-refractivity contribution < 1.29 is 44.7 Å². The largest absolute Gasteiger partial charge is 0.461 e. The minimum Gasteiger partial charge on any atom is -0.428 e. The molecule has 0 saturated heterocycles. The number of carbonyl (C=O) groups is 1. The SMILES string of the molecule is CN(C)Cc1cc([C@@](Cc2ccccc2)(NC(=O)NC2CC(F)(F)C2)c2cc(F)cc(OC(F)(F)C(F)F)c2)ccc1F. The topological polar surface area (TPSA) is 53.6 Å². The molecular formula is C30H29F8N3O2. The monoisotopic (exact) mass is 615 g/mol. The molecule has 0 radical (unpaired) electrons. The number of benzene rings is 3. The number of amides is 2. The lowest BCUT2D eigenvalue weighted by Gasteiger charge is -2.39. The highest BCUT2D eigenvalue weighted by Crippen LogP contribution is 2.40. The van der Waals surface area contributed by atoms with E-state index >= 15 is 4.39 Å². The van der Waals surface area contributed by atoms with Crippen molar-refractivity contribution in [1.82, 2.24) is 15.5 Å². The zero-order chi connectivity index (χ0) is 31.6. The van der Waals surface area contributed by atoms with Crippen molar-refractivity contribution in [3.63, 3.8) is 0 Å². The molecule has 1 fully saturated rings. The zero-order valence-corrected chi connectivity index (χ0v) is 23.1. The molecule has 1 atom stereocenters. The third-order valence-corrected chi connectivity index (χ3v) is 6.96. The summed E-state index contributed by atoms with van der Waals surface area (Å²) in [6.07, 6.45) is -10.6. The number of urea groups is 1. The molecule has 3 aromatic carbocycles. The van der Waals surface area contributed by atoms with Gasteiger partial charge < -0.3 is 20.3 Å². The van der Waals surface area contributed by atoms with Gasteiger partial charge in [-0.3, -0.25) is 0 Å². The standard InChI is InChI=1S/C30H29F8N3O2/c1-41(2)17-19-10-20(8-9-25(19)32)29(14-18-6-4-3-5-7-18,40-27(42)39-23-15-28(35,36)16-23)21-11-22(31)13-24(12-21)43-30(37,38)26(33)34/h3-13,23,26H,14-17H2,1-2H3,(H2,39,40,42)/t29-/m1/s1. The molecule has 13 heteroatoms. The maximum atomic E-state index is 15.0. The predicted molar refractivity (Wildman–Crippen MR) is 142 cm³/mol. The van der Waals surface area contributed by atoms with Gasteiger partial charge in [-0.05, 0) is 55.1 Å². The van der Waals surface area contributed by atoms with Gasteiger partial charge in [0.15, 0.2) is 0 Å². The van der Waals surface area contributed by atoms with Gasteiger partial charge in [-0.25, -0.2) is 22.4 Å². The van der Waals surface area contributed by atoms with Crippen LogP contribution in [-0.4, -0.2) is 49.5 Å². The first kappa shape index (κ1) is 32.1. The molecule has 3 aromatic rings. The van der Waals surface area contributed by atoms with Gasteiger partial charge in [0.05, 0.1) is 5.54 Å². The van der Waals surface area contributed by atoms with Crippen LogP contribution in [0.25, 0.3) is 0 Å². The first-order valence-electron chi connectivity index (χ1n) is 13.2. The van der Waals surface area contributed by atoms with Crippen molar-refractivity contribution in [2.75, 3.05) is 14.1 Å². The van der Waals surface area contributed by atoms with Crippen LogP contribution in [0.2, 0.25) is 0 Å². The Bertz CT molecular complexity index is 1430. The number of carbonyl (C=O) groups excluding carboxylic acids is 1. The Balaban J connectivity index is 1.91. The Morgan fingerprint density at radius 1 is 1.00 bits per heavy atom. The van der Waals surface area contributed by atoms with Crippen LogP contribution in [0.3, 0.4) is 0 Å². The van der Waals surface area contributed by atoms with Crippen LogP contribution < -0.4 is 15.4 Å². The number of halogens is 8. The van der Waals surface area contributed by atoms with Gasteiger partial charge in [-0.1, -0.05) is 36.4 Å². The van der Waals surface area contributed by atoms with Crippen LogP contribution in [0.5, 0.6) is 5.75 Å². The van der Waals surface area contributed by atoms with E-state index in [2.05, 4.69) is 15.4 Å². The summed E-state index contributed by atoms with van der Waals surface area (Å²) in [4.78, 5) is 15.0. The Kier molecular flexibility index (Phi) is 9.24. The molecule has 0 unspecified atom stereocenters. The van der Waals surface area contributed by atoms with E-state index in [9.17, 15) is 35.5 Å². The summed E-state index contributed by atoms with van der Waals surface area (Å²) in [6, 6.07) is 12.6. The van der Waals surface area contributed by atoms with Crippen molar-refractivity contribution >= 4 is 6.03 Å². The lowest BCUT2D eigenvalue weighted by Crippen LogP contribution is -2.58. The third kappa shape index (κ3) is 7.75. The molecule has 43 heavy (non-hydrogen) atoms. The summed E-state index contributed by atoms with van der Waals surface area (Å²) in [5, 5.41) is 5.13. The van der Waals surface area contributed by atoms with E-state index in [1.165, 1.54) is 12.1 Å². The molecular weight excluding hydrogens is 586 g/mol. The molecule has 1 aliphatic carbocycles. The molecule has 0 spiro atoms. The predicted octanol–water partition coefficient (Wildman–Crippen LogP) is 6.85. The van der Waals surface area contributed by atoms with Crippen molar-refractivity contribution in [2.24, 2.45) is 0 Å². The number of rotatable bonds is 11. The molecule has 0 bridgehead atoms. The molecule has 1 aliphatic rings. The van der Waals surface area contributed by atoms with Crippen LogP contribution in [-0.2, 0) is 18.5 Å². The quantitative estimate of drug-likeness (QED) is 0.232. The number of alkyl halides is 6. The normalized spacial score (nSPS) is 16.5. The average molecular weight is 616 g/mol. The summed E-state index contributed by atoms with van der Waals surface area (Å²) in [5.41, 5.74) is -1.21. The van der Waals surface area contributed by atoms with Gasteiger partial charge in [0.2, 0.25) is 0 Å². The Hall–Kier alpha value is -3.87. The Labute approximate surface area is 242 Å². The summed E-state index contributed by atoms with van der Waals surface area (Å²) < 4.78 is 115. The van der Waals surface area contributed by atoms with Gasteiger partial charge in [0.25, 0.3) is 5.92 Å². The van der Waals surface area contributed by atoms with Crippen molar-refractivity contribution in [1.29, 1.82) is 0 Å². The maximum absolute atomic E-state index is 15.0.